The SMILES string of the molecule is CCOC(=O)[C@@H]1CCCN(C(=O)[C@@H]2c3ccccc3C(=O)N(Cc3ccc(F)cc3)[C@H]2c2ccc(OC)cc2)C1. The highest BCUT2D eigenvalue weighted by molar-refractivity contribution is 6.01. The molecule has 2 heterocycles. The molecule has 3 atom stereocenters. The summed E-state index contributed by atoms with van der Waals surface area (Å²) in [5, 5.41) is 0. The summed E-state index contributed by atoms with van der Waals surface area (Å²) in [6, 6.07) is 20.0. The van der Waals surface area contributed by atoms with E-state index in [4.69, 9.17) is 9.47 Å². The zero-order valence-electron chi connectivity index (χ0n) is 22.7. The number of fused-ring (bicyclic) bond motifs is 1. The number of piperidine rings is 1. The largest absolute Gasteiger partial charge is 0.497 e. The van der Waals surface area contributed by atoms with Gasteiger partial charge in [-0.25, -0.2) is 4.39 Å². The van der Waals surface area contributed by atoms with E-state index in [0.29, 0.717) is 42.9 Å². The van der Waals surface area contributed by atoms with Crippen LogP contribution in [0.1, 0.15) is 58.8 Å². The molecule has 0 radical (unpaired) electrons. The minimum absolute atomic E-state index is 0.140. The predicted octanol–water partition coefficient (Wildman–Crippen LogP) is 5.12. The van der Waals surface area contributed by atoms with Crippen molar-refractivity contribution in [3.63, 3.8) is 0 Å². The molecule has 3 aromatic carbocycles. The summed E-state index contributed by atoms with van der Waals surface area (Å²) in [7, 11) is 1.58. The van der Waals surface area contributed by atoms with E-state index in [1.54, 1.807) is 48.1 Å². The minimum atomic E-state index is -0.705. The number of methoxy groups -OCH3 is 1. The van der Waals surface area contributed by atoms with Gasteiger partial charge >= 0.3 is 5.97 Å². The number of ether oxygens (including phenoxy) is 2. The molecule has 208 valence electrons. The predicted molar refractivity (Wildman–Crippen MR) is 147 cm³/mol. The first kappa shape index (κ1) is 27.4. The van der Waals surface area contributed by atoms with Crippen LogP contribution in [0.15, 0.2) is 72.8 Å². The fourth-order valence-corrected chi connectivity index (χ4v) is 5.82. The lowest BCUT2D eigenvalue weighted by Crippen LogP contribution is -2.50. The minimum Gasteiger partial charge on any atom is -0.497 e. The number of likely N-dealkylation sites (tertiary alicyclic amines) is 1. The molecule has 7 nitrogen and oxygen atoms in total. The zero-order valence-corrected chi connectivity index (χ0v) is 22.7. The lowest BCUT2D eigenvalue weighted by Gasteiger charge is -2.44. The molecule has 0 unspecified atom stereocenters. The van der Waals surface area contributed by atoms with Crippen molar-refractivity contribution < 1.29 is 28.2 Å². The van der Waals surface area contributed by atoms with Crippen LogP contribution in [-0.2, 0) is 20.9 Å². The molecule has 0 aliphatic carbocycles. The van der Waals surface area contributed by atoms with Gasteiger partial charge < -0.3 is 19.3 Å². The number of benzene rings is 3. The Morgan fingerprint density at radius 3 is 2.42 bits per heavy atom. The second kappa shape index (κ2) is 11.9. The van der Waals surface area contributed by atoms with Crippen LogP contribution in [0, 0.1) is 11.7 Å². The van der Waals surface area contributed by atoms with Crippen LogP contribution in [0.5, 0.6) is 5.75 Å². The monoisotopic (exact) mass is 544 g/mol. The number of hydrogen-bond acceptors (Lipinski definition) is 5. The van der Waals surface area contributed by atoms with Crippen molar-refractivity contribution >= 4 is 17.8 Å². The Morgan fingerprint density at radius 2 is 1.73 bits per heavy atom. The molecule has 2 amide bonds. The van der Waals surface area contributed by atoms with E-state index in [9.17, 15) is 18.8 Å². The van der Waals surface area contributed by atoms with Crippen LogP contribution in [0.3, 0.4) is 0 Å². The van der Waals surface area contributed by atoms with Gasteiger partial charge in [0, 0.05) is 25.2 Å². The maximum absolute atomic E-state index is 14.5. The first-order chi connectivity index (χ1) is 19.4. The van der Waals surface area contributed by atoms with Gasteiger partial charge in [0.1, 0.15) is 11.6 Å². The highest BCUT2D eigenvalue weighted by atomic mass is 19.1. The summed E-state index contributed by atoms with van der Waals surface area (Å²) < 4.78 is 24.3. The summed E-state index contributed by atoms with van der Waals surface area (Å²) in [6.45, 7) is 3.06. The second-order valence-corrected chi connectivity index (χ2v) is 10.2. The fraction of sp³-hybridized carbons (Fsp3) is 0.344. The quantitative estimate of drug-likeness (QED) is 0.386. The number of carbonyl (C=O) groups is 3. The molecule has 0 bridgehead atoms. The summed E-state index contributed by atoms with van der Waals surface area (Å²) in [5.74, 6) is -1.42. The number of nitrogens with zero attached hydrogens (tertiary/aromatic N) is 2. The standard InChI is InChI=1S/C32H33FN2O5/c1-3-40-32(38)23-7-6-18-34(20-23)31(37)28-26-8-4-5-9-27(26)30(36)35(19-21-10-14-24(33)15-11-21)29(28)22-12-16-25(39-2)17-13-22/h4-5,8-17,23,28-29H,3,6-7,18-20H2,1-2H3/t23-,28-,29+/m1/s1. The molecule has 0 saturated carbocycles. The molecular weight excluding hydrogens is 511 g/mol. The van der Waals surface area contributed by atoms with Gasteiger partial charge in [0.15, 0.2) is 0 Å². The zero-order chi connectivity index (χ0) is 28.2. The molecule has 3 aromatic rings. The van der Waals surface area contributed by atoms with Crippen molar-refractivity contribution in [2.45, 2.75) is 38.3 Å². The van der Waals surface area contributed by atoms with Crippen LogP contribution in [-0.4, -0.2) is 54.4 Å². The van der Waals surface area contributed by atoms with Gasteiger partial charge in [-0.15, -0.1) is 0 Å². The number of esters is 1. The van der Waals surface area contributed by atoms with Gasteiger partial charge in [-0.3, -0.25) is 14.4 Å². The van der Waals surface area contributed by atoms with Gasteiger partial charge in [0.2, 0.25) is 5.91 Å². The molecule has 8 heteroatoms. The third kappa shape index (κ3) is 5.43. The van der Waals surface area contributed by atoms with Crippen LogP contribution in [0.2, 0.25) is 0 Å². The van der Waals surface area contributed by atoms with E-state index in [-0.39, 0.29) is 42.6 Å². The normalized spacial score (nSPS) is 20.6. The molecule has 0 spiro atoms. The second-order valence-electron chi connectivity index (χ2n) is 10.2. The fourth-order valence-electron chi connectivity index (χ4n) is 5.82. The van der Waals surface area contributed by atoms with Gasteiger partial charge in [0.05, 0.1) is 31.6 Å². The smallest absolute Gasteiger partial charge is 0.310 e. The van der Waals surface area contributed by atoms with Crippen molar-refractivity contribution in [1.29, 1.82) is 0 Å². The van der Waals surface area contributed by atoms with Gasteiger partial charge in [-0.05, 0) is 66.8 Å². The lowest BCUT2D eigenvalue weighted by atomic mass is 9.78. The van der Waals surface area contributed by atoms with Crippen LogP contribution >= 0.6 is 0 Å². The maximum Gasteiger partial charge on any atom is 0.310 e. The molecule has 40 heavy (non-hydrogen) atoms. The highest BCUT2D eigenvalue weighted by Gasteiger charge is 2.46. The van der Waals surface area contributed by atoms with E-state index in [1.165, 1.54) is 12.1 Å². The van der Waals surface area contributed by atoms with Crippen molar-refractivity contribution in [2.75, 3.05) is 26.8 Å². The van der Waals surface area contributed by atoms with Crippen LogP contribution in [0.4, 0.5) is 4.39 Å². The summed E-state index contributed by atoms with van der Waals surface area (Å²) in [4.78, 5) is 44.5. The molecule has 0 aromatic heterocycles. The number of halogens is 1. The molecule has 2 aliphatic heterocycles. The Kier molecular flexibility index (Phi) is 8.14. The van der Waals surface area contributed by atoms with E-state index >= 15 is 0 Å². The number of amides is 2. The third-order valence-electron chi connectivity index (χ3n) is 7.78. The Morgan fingerprint density at radius 1 is 1.00 bits per heavy atom. The number of rotatable bonds is 7. The lowest BCUT2D eigenvalue weighted by molar-refractivity contribution is -0.151. The average molecular weight is 545 g/mol. The average Bonchev–Trinajstić information content (AvgIpc) is 2.99. The topological polar surface area (TPSA) is 76.2 Å². The van der Waals surface area contributed by atoms with Crippen LogP contribution in [0.25, 0.3) is 0 Å². The van der Waals surface area contributed by atoms with Crippen molar-refractivity contribution in [1.82, 2.24) is 9.80 Å². The van der Waals surface area contributed by atoms with Crippen LogP contribution < -0.4 is 4.74 Å². The van der Waals surface area contributed by atoms with Gasteiger partial charge in [-0.2, -0.15) is 0 Å². The van der Waals surface area contributed by atoms with E-state index in [2.05, 4.69) is 0 Å². The first-order valence-corrected chi connectivity index (χ1v) is 13.6. The van der Waals surface area contributed by atoms with Crippen molar-refractivity contribution in [2.24, 2.45) is 5.92 Å². The van der Waals surface area contributed by atoms with Gasteiger partial charge in [-0.1, -0.05) is 42.5 Å². The Balaban J connectivity index is 1.59. The molecule has 0 N–H and O–H groups in total. The summed E-state index contributed by atoms with van der Waals surface area (Å²) >= 11 is 0. The maximum atomic E-state index is 14.5. The summed E-state index contributed by atoms with van der Waals surface area (Å²) in [5.41, 5.74) is 2.65. The highest BCUT2D eigenvalue weighted by Crippen LogP contribution is 2.45. The first-order valence-electron chi connectivity index (χ1n) is 13.6. The Hall–Kier alpha value is -4.20. The van der Waals surface area contributed by atoms with Crippen molar-refractivity contribution in [3.05, 3.63) is 101 Å². The van der Waals surface area contributed by atoms with Crippen molar-refractivity contribution in [3.8, 4) is 5.75 Å². The molecular formula is C32H33FN2O5. The molecule has 2 aliphatic rings. The van der Waals surface area contributed by atoms with E-state index in [0.717, 1.165) is 11.1 Å². The van der Waals surface area contributed by atoms with Gasteiger partial charge in [0.25, 0.3) is 5.91 Å². The molecule has 1 saturated heterocycles. The molecule has 5 rings (SSSR count). The third-order valence-corrected chi connectivity index (χ3v) is 7.78. The Bertz CT molecular complexity index is 1370. The van der Waals surface area contributed by atoms with E-state index in [1.807, 2.05) is 36.4 Å². The molecule has 1 fully saturated rings. The van der Waals surface area contributed by atoms with E-state index < -0.39 is 12.0 Å². The summed E-state index contributed by atoms with van der Waals surface area (Å²) in [6.07, 6.45) is 1.36. The number of carbonyl (C=O) groups excluding carboxylic acids is 3. The Labute approximate surface area is 233 Å². The number of hydrogen-bond donors (Lipinski definition) is 0.